The molecule has 0 saturated carbocycles. The van der Waals surface area contributed by atoms with E-state index in [0.29, 0.717) is 4.73 Å². The SMILES string of the molecule is N=c1c2c(C(N)=O)cn(C3OC(CO)C(O)C3O)c2ncn1O. The summed E-state index contributed by atoms with van der Waals surface area (Å²) in [7, 11) is 0. The number of aromatic nitrogens is 3. The Morgan fingerprint density at radius 3 is 2.70 bits per heavy atom. The molecule has 11 nitrogen and oxygen atoms in total. The molecule has 3 heterocycles. The summed E-state index contributed by atoms with van der Waals surface area (Å²) in [5.41, 5.74) is 4.82. The number of primary amides is 1. The van der Waals surface area contributed by atoms with Gasteiger partial charge in [-0.1, -0.05) is 0 Å². The van der Waals surface area contributed by atoms with E-state index >= 15 is 0 Å². The monoisotopic (exact) mass is 325 g/mol. The standard InChI is InChI=1S/C12H15N5O6/c13-9-6-4(10(14)21)1-16(11(6)15-3-17(9)22)12-8(20)7(19)5(2-18)23-12/h1,3,5,7-8,12-13,18-20,22H,2H2,(H2,14,21). The van der Waals surface area contributed by atoms with Gasteiger partial charge in [0, 0.05) is 6.20 Å². The molecule has 124 valence electrons. The van der Waals surface area contributed by atoms with Crippen molar-refractivity contribution in [2.45, 2.75) is 24.5 Å². The third kappa shape index (κ3) is 2.17. The van der Waals surface area contributed by atoms with E-state index in [1.165, 1.54) is 10.8 Å². The first kappa shape index (κ1) is 15.4. The zero-order valence-corrected chi connectivity index (χ0v) is 11.7. The molecule has 1 fully saturated rings. The average molecular weight is 325 g/mol. The zero-order chi connectivity index (χ0) is 16.9. The van der Waals surface area contributed by atoms with Gasteiger partial charge in [-0.3, -0.25) is 10.2 Å². The number of amides is 1. The van der Waals surface area contributed by atoms with Crippen LogP contribution in [0.15, 0.2) is 12.5 Å². The zero-order valence-electron chi connectivity index (χ0n) is 11.7. The van der Waals surface area contributed by atoms with Crippen LogP contribution in [0.1, 0.15) is 16.6 Å². The predicted octanol–water partition coefficient (Wildman–Crippen LogP) is -2.74. The molecule has 23 heavy (non-hydrogen) atoms. The number of hydrogen-bond acceptors (Lipinski definition) is 8. The Bertz CT molecular complexity index is 829. The molecule has 1 aliphatic heterocycles. The summed E-state index contributed by atoms with van der Waals surface area (Å²) in [6.07, 6.45) is -2.71. The number of aliphatic hydroxyl groups is 3. The Labute approximate surface area is 128 Å². The van der Waals surface area contributed by atoms with Crippen LogP contribution < -0.4 is 11.2 Å². The first-order valence-corrected chi connectivity index (χ1v) is 6.65. The number of hydrogen-bond donors (Lipinski definition) is 6. The van der Waals surface area contributed by atoms with Crippen molar-refractivity contribution in [3.63, 3.8) is 0 Å². The lowest BCUT2D eigenvalue weighted by atomic mass is 10.1. The topological polar surface area (TPSA) is 180 Å². The van der Waals surface area contributed by atoms with Gasteiger partial charge in [-0.15, -0.1) is 0 Å². The van der Waals surface area contributed by atoms with Gasteiger partial charge < -0.3 is 35.6 Å². The smallest absolute Gasteiger partial charge is 0.251 e. The van der Waals surface area contributed by atoms with Crippen LogP contribution in [0.4, 0.5) is 0 Å². The Hall–Kier alpha value is -2.47. The molecule has 4 unspecified atom stereocenters. The van der Waals surface area contributed by atoms with Crippen LogP contribution in [0.2, 0.25) is 0 Å². The molecule has 0 spiro atoms. The second-order valence-corrected chi connectivity index (χ2v) is 5.18. The first-order valence-electron chi connectivity index (χ1n) is 6.65. The summed E-state index contributed by atoms with van der Waals surface area (Å²) < 4.78 is 7.03. The number of aliphatic hydroxyl groups excluding tert-OH is 3. The maximum atomic E-state index is 11.6. The minimum atomic E-state index is -1.39. The molecule has 7 N–H and O–H groups in total. The number of carbonyl (C=O) groups is 1. The summed E-state index contributed by atoms with van der Waals surface area (Å²) in [5, 5.41) is 46.4. The summed E-state index contributed by atoms with van der Waals surface area (Å²) in [6.45, 7) is -0.510. The number of rotatable bonds is 3. The van der Waals surface area contributed by atoms with Crippen molar-refractivity contribution in [3.8, 4) is 0 Å². The molecule has 1 amide bonds. The molecule has 2 aromatic rings. The highest BCUT2D eigenvalue weighted by Gasteiger charge is 2.44. The van der Waals surface area contributed by atoms with Crippen molar-refractivity contribution < 1.29 is 30.1 Å². The number of carbonyl (C=O) groups excluding carboxylic acids is 1. The van der Waals surface area contributed by atoms with Crippen LogP contribution in [-0.4, -0.2) is 65.6 Å². The molecule has 4 atom stereocenters. The highest BCUT2D eigenvalue weighted by atomic mass is 16.6. The Morgan fingerprint density at radius 1 is 1.43 bits per heavy atom. The molecular weight excluding hydrogens is 310 g/mol. The lowest BCUT2D eigenvalue weighted by molar-refractivity contribution is -0.0509. The largest absolute Gasteiger partial charge is 0.425 e. The van der Waals surface area contributed by atoms with Crippen LogP contribution in [0.3, 0.4) is 0 Å². The van der Waals surface area contributed by atoms with Gasteiger partial charge in [0.25, 0.3) is 5.91 Å². The molecule has 0 aliphatic carbocycles. The Kier molecular flexibility index (Phi) is 3.56. The molecule has 0 radical (unpaired) electrons. The lowest BCUT2D eigenvalue weighted by Crippen LogP contribution is -2.33. The first-order chi connectivity index (χ1) is 10.9. The fourth-order valence-corrected chi connectivity index (χ4v) is 2.65. The third-order valence-electron chi connectivity index (χ3n) is 3.82. The van der Waals surface area contributed by atoms with E-state index in [1.54, 1.807) is 0 Å². The molecule has 1 aliphatic rings. The molecule has 3 rings (SSSR count). The van der Waals surface area contributed by atoms with Crippen molar-refractivity contribution in [2.24, 2.45) is 5.73 Å². The van der Waals surface area contributed by atoms with Crippen molar-refractivity contribution >= 4 is 16.9 Å². The molecule has 2 aromatic heterocycles. The van der Waals surface area contributed by atoms with E-state index in [-0.39, 0.29) is 16.6 Å². The maximum absolute atomic E-state index is 11.6. The van der Waals surface area contributed by atoms with Crippen molar-refractivity contribution in [2.75, 3.05) is 6.61 Å². The fraction of sp³-hybridized carbons (Fsp3) is 0.417. The normalized spacial score (nSPS) is 27.6. The third-order valence-corrected chi connectivity index (χ3v) is 3.82. The van der Waals surface area contributed by atoms with Crippen molar-refractivity contribution in [1.29, 1.82) is 5.41 Å². The Balaban J connectivity index is 2.22. The van der Waals surface area contributed by atoms with Gasteiger partial charge in [-0.2, -0.15) is 4.73 Å². The molecule has 0 aromatic carbocycles. The van der Waals surface area contributed by atoms with E-state index in [2.05, 4.69) is 4.98 Å². The number of nitrogens with zero attached hydrogens (tertiary/aromatic N) is 3. The summed E-state index contributed by atoms with van der Waals surface area (Å²) in [5.74, 6) is -0.859. The summed E-state index contributed by atoms with van der Waals surface area (Å²) >= 11 is 0. The average Bonchev–Trinajstić information content (AvgIpc) is 3.03. The molecule has 0 bridgehead atoms. The quantitative estimate of drug-likeness (QED) is 0.331. The van der Waals surface area contributed by atoms with Gasteiger partial charge in [0.1, 0.15) is 30.3 Å². The fourth-order valence-electron chi connectivity index (χ4n) is 2.65. The number of fused-ring (bicyclic) bond motifs is 1. The van der Waals surface area contributed by atoms with Gasteiger partial charge in [0.15, 0.2) is 11.7 Å². The van der Waals surface area contributed by atoms with E-state index in [1.807, 2.05) is 0 Å². The van der Waals surface area contributed by atoms with Crippen LogP contribution in [0.25, 0.3) is 11.0 Å². The van der Waals surface area contributed by atoms with Crippen molar-refractivity contribution in [3.05, 3.63) is 23.6 Å². The van der Waals surface area contributed by atoms with Gasteiger partial charge in [0.2, 0.25) is 0 Å². The van der Waals surface area contributed by atoms with E-state index < -0.39 is 42.5 Å². The van der Waals surface area contributed by atoms with Gasteiger partial charge >= 0.3 is 0 Å². The summed E-state index contributed by atoms with van der Waals surface area (Å²) in [6, 6.07) is 0. The second kappa shape index (κ2) is 5.31. The van der Waals surface area contributed by atoms with Crippen molar-refractivity contribution in [1.82, 2.24) is 14.3 Å². The van der Waals surface area contributed by atoms with Gasteiger partial charge in [-0.05, 0) is 0 Å². The van der Waals surface area contributed by atoms with E-state index in [9.17, 15) is 20.2 Å². The van der Waals surface area contributed by atoms with Crippen LogP contribution >= 0.6 is 0 Å². The highest BCUT2D eigenvalue weighted by Crippen LogP contribution is 2.32. The van der Waals surface area contributed by atoms with E-state index in [0.717, 1.165) is 6.33 Å². The molecule has 11 heteroatoms. The van der Waals surface area contributed by atoms with Crippen LogP contribution in [0.5, 0.6) is 0 Å². The number of nitrogens with two attached hydrogens (primary N) is 1. The van der Waals surface area contributed by atoms with E-state index in [4.69, 9.17) is 21.0 Å². The van der Waals surface area contributed by atoms with Gasteiger partial charge in [-0.25, -0.2) is 4.98 Å². The Morgan fingerprint density at radius 2 is 2.13 bits per heavy atom. The molecule has 1 saturated heterocycles. The van der Waals surface area contributed by atoms with Crippen LogP contribution in [-0.2, 0) is 4.74 Å². The second-order valence-electron chi connectivity index (χ2n) is 5.18. The van der Waals surface area contributed by atoms with Gasteiger partial charge in [0.05, 0.1) is 17.6 Å². The summed E-state index contributed by atoms with van der Waals surface area (Å²) in [4.78, 5) is 15.5. The molecular formula is C12H15N5O6. The number of ether oxygens (including phenoxy) is 1. The minimum absolute atomic E-state index is 0.0276. The number of nitrogens with one attached hydrogen (secondary N) is 1. The van der Waals surface area contributed by atoms with Crippen LogP contribution in [0, 0.1) is 5.41 Å². The minimum Gasteiger partial charge on any atom is -0.425 e. The lowest BCUT2D eigenvalue weighted by Gasteiger charge is -2.17. The maximum Gasteiger partial charge on any atom is 0.251 e. The highest BCUT2D eigenvalue weighted by molar-refractivity contribution is 6.04. The predicted molar refractivity (Wildman–Crippen MR) is 72.3 cm³/mol.